The molecule has 0 atom stereocenters. The van der Waals surface area contributed by atoms with E-state index in [4.69, 9.17) is 0 Å². The van der Waals surface area contributed by atoms with Gasteiger partial charge in [-0.15, -0.1) is 0 Å². The molecule has 1 aromatic heterocycles. The fourth-order valence-corrected chi connectivity index (χ4v) is 3.55. The van der Waals surface area contributed by atoms with Crippen molar-refractivity contribution < 1.29 is 4.79 Å². The van der Waals surface area contributed by atoms with Crippen LogP contribution in [0.3, 0.4) is 0 Å². The molecule has 1 N–H and O–H groups in total. The van der Waals surface area contributed by atoms with Crippen molar-refractivity contribution in [2.45, 2.75) is 13.8 Å². The Kier molecular flexibility index (Phi) is 5.42. The molecule has 2 heterocycles. The third-order valence-corrected chi connectivity index (χ3v) is 5.23. The molecule has 0 aliphatic carbocycles. The van der Waals surface area contributed by atoms with Crippen LogP contribution in [0.2, 0.25) is 0 Å². The molecule has 1 amide bonds. The first-order valence-corrected chi connectivity index (χ1v) is 9.86. The molecule has 1 aliphatic heterocycles. The van der Waals surface area contributed by atoms with Crippen LogP contribution < -0.4 is 10.2 Å². The second-order valence-electron chi connectivity index (χ2n) is 7.35. The second-order valence-corrected chi connectivity index (χ2v) is 7.35. The van der Waals surface area contributed by atoms with Crippen LogP contribution in [0.15, 0.2) is 60.9 Å². The number of anilines is 3. The molecule has 1 saturated heterocycles. The molecule has 0 bridgehead atoms. The van der Waals surface area contributed by atoms with Gasteiger partial charge in [0.05, 0.1) is 0 Å². The lowest BCUT2D eigenvalue weighted by Gasteiger charge is -2.36. The summed E-state index contributed by atoms with van der Waals surface area (Å²) < 4.78 is 0. The standard InChI is InChI=1S/C23H25N5O/c1-17-6-5-8-19(14-17)27-10-12-28(13-11-27)23(29)21-15-22(25-16-24-21)26-20-9-4-3-7-18(20)2/h3-9,14-16H,10-13H2,1-2H3,(H,24,25,26). The van der Waals surface area contributed by atoms with E-state index in [9.17, 15) is 4.79 Å². The summed E-state index contributed by atoms with van der Waals surface area (Å²) >= 11 is 0. The Morgan fingerprint density at radius 2 is 1.72 bits per heavy atom. The van der Waals surface area contributed by atoms with E-state index >= 15 is 0 Å². The smallest absolute Gasteiger partial charge is 0.272 e. The van der Waals surface area contributed by atoms with Gasteiger partial charge >= 0.3 is 0 Å². The molecule has 0 spiro atoms. The zero-order chi connectivity index (χ0) is 20.2. The lowest BCUT2D eigenvalue weighted by molar-refractivity contribution is 0.0740. The number of para-hydroxylation sites is 1. The molecule has 1 fully saturated rings. The van der Waals surface area contributed by atoms with Crippen molar-refractivity contribution >= 4 is 23.1 Å². The van der Waals surface area contributed by atoms with Gasteiger partial charge in [0.1, 0.15) is 17.8 Å². The minimum absolute atomic E-state index is 0.0517. The number of hydrogen-bond donors (Lipinski definition) is 1. The lowest BCUT2D eigenvalue weighted by atomic mass is 10.2. The Bertz CT molecular complexity index is 1010. The molecule has 6 heteroatoms. The predicted molar refractivity (Wildman–Crippen MR) is 116 cm³/mol. The van der Waals surface area contributed by atoms with Crippen LogP contribution in [0, 0.1) is 13.8 Å². The quantitative estimate of drug-likeness (QED) is 0.738. The Labute approximate surface area is 171 Å². The van der Waals surface area contributed by atoms with Crippen LogP contribution in [-0.2, 0) is 0 Å². The summed E-state index contributed by atoms with van der Waals surface area (Å²) in [7, 11) is 0. The number of benzene rings is 2. The monoisotopic (exact) mass is 387 g/mol. The summed E-state index contributed by atoms with van der Waals surface area (Å²) in [5, 5.41) is 3.27. The maximum absolute atomic E-state index is 13.0. The van der Waals surface area contributed by atoms with E-state index < -0.39 is 0 Å². The van der Waals surface area contributed by atoms with Crippen molar-refractivity contribution in [2.24, 2.45) is 0 Å². The normalized spacial score (nSPS) is 14.0. The van der Waals surface area contributed by atoms with E-state index in [2.05, 4.69) is 51.4 Å². The number of hydrogen-bond acceptors (Lipinski definition) is 5. The van der Waals surface area contributed by atoms with E-state index in [0.717, 1.165) is 24.3 Å². The maximum atomic E-state index is 13.0. The van der Waals surface area contributed by atoms with Crippen molar-refractivity contribution in [1.29, 1.82) is 0 Å². The first-order valence-electron chi connectivity index (χ1n) is 9.86. The van der Waals surface area contributed by atoms with Gasteiger partial charge in [0, 0.05) is 43.6 Å². The summed E-state index contributed by atoms with van der Waals surface area (Å²) in [5.41, 5.74) is 4.96. The molecule has 0 unspecified atom stereocenters. The first-order chi connectivity index (χ1) is 14.1. The number of carbonyl (C=O) groups excluding carboxylic acids is 1. The molecule has 0 radical (unpaired) electrons. The van der Waals surface area contributed by atoms with Crippen molar-refractivity contribution in [3.63, 3.8) is 0 Å². The molecule has 6 nitrogen and oxygen atoms in total. The summed E-state index contributed by atoms with van der Waals surface area (Å²) in [6.07, 6.45) is 1.44. The molecule has 0 saturated carbocycles. The Morgan fingerprint density at radius 3 is 2.48 bits per heavy atom. The first kappa shape index (κ1) is 18.9. The minimum atomic E-state index is -0.0517. The number of carbonyl (C=O) groups is 1. The average molecular weight is 387 g/mol. The van der Waals surface area contributed by atoms with E-state index in [-0.39, 0.29) is 5.91 Å². The number of amides is 1. The highest BCUT2D eigenvalue weighted by atomic mass is 16.2. The highest BCUT2D eigenvalue weighted by molar-refractivity contribution is 5.93. The number of aryl methyl sites for hydroxylation is 2. The molecule has 29 heavy (non-hydrogen) atoms. The van der Waals surface area contributed by atoms with Crippen LogP contribution >= 0.6 is 0 Å². The van der Waals surface area contributed by atoms with Gasteiger partial charge in [0.2, 0.25) is 0 Å². The summed E-state index contributed by atoms with van der Waals surface area (Å²) in [5.74, 6) is 0.570. The molecular formula is C23H25N5O. The number of piperazine rings is 1. The third kappa shape index (κ3) is 4.37. The average Bonchev–Trinajstić information content (AvgIpc) is 2.75. The van der Waals surface area contributed by atoms with Crippen molar-refractivity contribution in [3.8, 4) is 0 Å². The van der Waals surface area contributed by atoms with Crippen molar-refractivity contribution in [2.75, 3.05) is 36.4 Å². The molecule has 4 rings (SSSR count). The Hall–Kier alpha value is -3.41. The molecular weight excluding hydrogens is 362 g/mol. The maximum Gasteiger partial charge on any atom is 0.272 e. The molecule has 148 valence electrons. The fourth-order valence-electron chi connectivity index (χ4n) is 3.55. The van der Waals surface area contributed by atoms with Crippen LogP contribution in [0.4, 0.5) is 17.2 Å². The largest absolute Gasteiger partial charge is 0.368 e. The number of nitrogens with zero attached hydrogens (tertiary/aromatic N) is 4. The lowest BCUT2D eigenvalue weighted by Crippen LogP contribution is -2.49. The Morgan fingerprint density at radius 1 is 0.931 bits per heavy atom. The number of aromatic nitrogens is 2. The SMILES string of the molecule is Cc1cccc(N2CCN(C(=O)c3cc(Nc4ccccc4C)ncn3)CC2)c1. The van der Waals surface area contributed by atoms with E-state index in [1.54, 1.807) is 6.07 Å². The summed E-state index contributed by atoms with van der Waals surface area (Å²) in [6.45, 7) is 7.11. The minimum Gasteiger partial charge on any atom is -0.368 e. The van der Waals surface area contributed by atoms with Crippen LogP contribution in [0.1, 0.15) is 21.6 Å². The van der Waals surface area contributed by atoms with Crippen LogP contribution in [0.5, 0.6) is 0 Å². The van der Waals surface area contributed by atoms with E-state index in [1.807, 2.05) is 36.1 Å². The predicted octanol–water partition coefficient (Wildman–Crippen LogP) is 3.80. The fraction of sp³-hybridized carbons (Fsp3) is 0.261. The summed E-state index contributed by atoms with van der Waals surface area (Å²) in [4.78, 5) is 25.6. The highest BCUT2D eigenvalue weighted by Crippen LogP contribution is 2.20. The zero-order valence-corrected chi connectivity index (χ0v) is 16.8. The second kappa shape index (κ2) is 8.31. The number of rotatable bonds is 4. The van der Waals surface area contributed by atoms with Gasteiger partial charge in [-0.05, 0) is 43.2 Å². The molecule has 3 aromatic rings. The van der Waals surface area contributed by atoms with Crippen molar-refractivity contribution in [3.05, 3.63) is 77.7 Å². The van der Waals surface area contributed by atoms with Gasteiger partial charge in [-0.3, -0.25) is 4.79 Å². The van der Waals surface area contributed by atoms with Crippen LogP contribution in [0.25, 0.3) is 0 Å². The van der Waals surface area contributed by atoms with E-state index in [1.165, 1.54) is 17.6 Å². The molecule has 2 aromatic carbocycles. The van der Waals surface area contributed by atoms with Crippen LogP contribution in [-0.4, -0.2) is 47.0 Å². The number of nitrogens with one attached hydrogen (secondary N) is 1. The van der Waals surface area contributed by atoms with Gasteiger partial charge in [-0.1, -0.05) is 30.3 Å². The van der Waals surface area contributed by atoms with Crippen molar-refractivity contribution in [1.82, 2.24) is 14.9 Å². The van der Waals surface area contributed by atoms with Gasteiger partial charge in [0.25, 0.3) is 5.91 Å². The third-order valence-electron chi connectivity index (χ3n) is 5.23. The van der Waals surface area contributed by atoms with Gasteiger partial charge in [-0.2, -0.15) is 0 Å². The Balaban J connectivity index is 1.42. The zero-order valence-electron chi connectivity index (χ0n) is 16.8. The highest BCUT2D eigenvalue weighted by Gasteiger charge is 2.23. The van der Waals surface area contributed by atoms with Gasteiger partial charge in [0.15, 0.2) is 0 Å². The topological polar surface area (TPSA) is 61.4 Å². The van der Waals surface area contributed by atoms with Gasteiger partial charge in [-0.25, -0.2) is 9.97 Å². The summed E-state index contributed by atoms with van der Waals surface area (Å²) in [6, 6.07) is 18.2. The van der Waals surface area contributed by atoms with E-state index in [0.29, 0.717) is 24.6 Å². The van der Waals surface area contributed by atoms with Gasteiger partial charge < -0.3 is 15.1 Å². The molecule has 1 aliphatic rings.